The lowest BCUT2D eigenvalue weighted by molar-refractivity contribution is 0.154. The summed E-state index contributed by atoms with van der Waals surface area (Å²) in [6, 6.07) is 0. The lowest BCUT2D eigenvalue weighted by atomic mass is 10.2. The van der Waals surface area contributed by atoms with Gasteiger partial charge < -0.3 is 5.21 Å². The Labute approximate surface area is 38.1 Å². The Hall–Kier alpha value is -0.0800. The number of nitrogens with one attached hydrogen (secondary N) is 1. The van der Waals surface area contributed by atoms with Crippen molar-refractivity contribution in [2.24, 2.45) is 5.92 Å². The number of hydrogen-bond acceptors (Lipinski definition) is 2. The average Bonchev–Trinajstić information content (AvgIpc) is 1.35. The third-order valence-corrected chi connectivity index (χ3v) is 0.500. The van der Waals surface area contributed by atoms with Crippen molar-refractivity contribution in [3.8, 4) is 0 Å². The van der Waals surface area contributed by atoms with E-state index in [9.17, 15) is 0 Å². The van der Waals surface area contributed by atoms with Crippen LogP contribution < -0.4 is 5.48 Å². The van der Waals surface area contributed by atoms with Crippen LogP contribution >= 0.6 is 0 Å². The molecule has 0 aromatic heterocycles. The fourth-order valence-corrected chi connectivity index (χ4v) is 0.183. The van der Waals surface area contributed by atoms with Gasteiger partial charge in [-0.25, -0.2) is 5.48 Å². The van der Waals surface area contributed by atoms with Gasteiger partial charge in [0.2, 0.25) is 0 Å². The molecule has 0 unspecified atom stereocenters. The van der Waals surface area contributed by atoms with Crippen molar-refractivity contribution in [3.05, 3.63) is 0 Å². The summed E-state index contributed by atoms with van der Waals surface area (Å²) < 4.78 is 0. The summed E-state index contributed by atoms with van der Waals surface area (Å²) in [7, 11) is 0. The first-order valence-electron chi connectivity index (χ1n) is 2.14. The van der Waals surface area contributed by atoms with Crippen LogP contribution in [-0.4, -0.2) is 11.8 Å². The first-order valence-corrected chi connectivity index (χ1v) is 2.14. The second-order valence-electron chi connectivity index (χ2n) is 1.76. The van der Waals surface area contributed by atoms with Crippen LogP contribution in [0.5, 0.6) is 0 Å². The monoisotopic (exact) mass is 92.1 g/mol. The van der Waals surface area contributed by atoms with E-state index < -0.39 is 0 Å². The molecule has 0 aliphatic rings. The maximum absolute atomic E-state index is 7.99. The van der Waals surface area contributed by atoms with Crippen LogP contribution in [0.15, 0.2) is 0 Å². The maximum Gasteiger partial charge on any atom is 0.0230 e. The second kappa shape index (κ2) is 3.12. The van der Waals surface area contributed by atoms with Crippen molar-refractivity contribution in [2.75, 3.05) is 6.54 Å². The molecule has 0 rings (SSSR count). The van der Waals surface area contributed by atoms with Crippen LogP contribution in [-0.2, 0) is 0 Å². The zero-order valence-electron chi connectivity index (χ0n) is 4.23. The SMILES string of the molecule is CC(C)C[15NH][18OH]. The van der Waals surface area contributed by atoms with Crippen LogP contribution in [0.25, 0.3) is 0 Å². The molecule has 2 heteroatoms. The highest BCUT2D eigenvalue weighted by Gasteiger charge is 1.85. The van der Waals surface area contributed by atoms with Gasteiger partial charge >= 0.3 is 0 Å². The Bertz CT molecular complexity index is 28.7. The van der Waals surface area contributed by atoms with Gasteiger partial charge in [-0.05, 0) is 5.92 Å². The van der Waals surface area contributed by atoms with E-state index >= 15 is 0 Å². The molecule has 0 aromatic rings. The topological polar surface area (TPSA) is 32.3 Å². The third-order valence-electron chi connectivity index (χ3n) is 0.500. The molecule has 0 amide bonds. The molecule has 0 bridgehead atoms. The minimum atomic E-state index is 0.537. The minimum Gasteiger partial charge on any atom is -0.317 e. The summed E-state index contributed by atoms with van der Waals surface area (Å²) in [5.41, 5.74) is 2.07. The molecule has 2 nitrogen and oxygen atoms in total. The van der Waals surface area contributed by atoms with Gasteiger partial charge in [-0.3, -0.25) is 0 Å². The highest BCUT2D eigenvalue weighted by Crippen LogP contribution is 1.83. The molecule has 0 saturated heterocycles. The van der Waals surface area contributed by atoms with E-state index in [0.717, 1.165) is 0 Å². The van der Waals surface area contributed by atoms with Crippen molar-refractivity contribution in [1.29, 1.82) is 0 Å². The van der Waals surface area contributed by atoms with E-state index in [1.807, 2.05) is 13.8 Å². The van der Waals surface area contributed by atoms with E-state index in [-0.39, 0.29) is 0 Å². The molecule has 0 aliphatic heterocycles. The van der Waals surface area contributed by atoms with Crippen molar-refractivity contribution in [1.82, 2.24) is 5.48 Å². The Balaban J connectivity index is 2.63. The van der Waals surface area contributed by atoms with Crippen LogP contribution in [0, 0.1) is 5.92 Å². The summed E-state index contributed by atoms with van der Waals surface area (Å²) in [6.07, 6.45) is 0. The van der Waals surface area contributed by atoms with Crippen LogP contribution in [0.2, 0.25) is 0 Å². The van der Waals surface area contributed by atoms with Crippen molar-refractivity contribution in [2.45, 2.75) is 13.8 Å². The lowest BCUT2D eigenvalue weighted by Gasteiger charge is -1.97. The summed E-state index contributed by atoms with van der Waals surface area (Å²) >= 11 is 0. The van der Waals surface area contributed by atoms with Crippen LogP contribution in [0.1, 0.15) is 13.8 Å². The van der Waals surface area contributed by atoms with E-state index in [4.69, 9.17) is 5.21 Å². The molecular weight excluding hydrogens is 81.0 g/mol. The standard InChI is InChI=1S/C4H11NO/c1-4(2)3-5-6/h4-6H,3H2,1-2H3/i5+1,6+2. The quantitative estimate of drug-likeness (QED) is 0.297. The molecule has 0 spiro atoms. The van der Waals surface area contributed by atoms with E-state index in [0.29, 0.717) is 12.5 Å². The normalized spacial score (nSPS) is 10.0. The van der Waals surface area contributed by atoms with Gasteiger partial charge in [0.05, 0.1) is 0 Å². The molecule has 0 atom stereocenters. The van der Waals surface area contributed by atoms with Gasteiger partial charge in [0.25, 0.3) is 0 Å². The number of hydrogen-bond donors (Lipinski definition) is 2. The van der Waals surface area contributed by atoms with Gasteiger partial charge in [0, 0.05) is 6.54 Å². The average molecular weight is 92.1 g/mol. The molecule has 0 heterocycles. The minimum absolute atomic E-state index is 0.537. The Morgan fingerprint density at radius 2 is 2.17 bits per heavy atom. The van der Waals surface area contributed by atoms with Gasteiger partial charge in [0.1, 0.15) is 0 Å². The summed E-state index contributed by atoms with van der Waals surface area (Å²) in [5, 5.41) is 7.99. The van der Waals surface area contributed by atoms with E-state index in [1.54, 1.807) is 0 Å². The smallest absolute Gasteiger partial charge is 0.0230 e. The molecule has 0 fully saturated rings. The van der Waals surface area contributed by atoms with Gasteiger partial charge in [-0.2, -0.15) is 0 Å². The Kier molecular flexibility index (Phi) is 3.08. The molecule has 6 heavy (non-hydrogen) atoms. The van der Waals surface area contributed by atoms with E-state index in [1.165, 1.54) is 0 Å². The highest BCUT2D eigenvalue weighted by atomic mass is 18.3. The fourth-order valence-electron chi connectivity index (χ4n) is 0.183. The Morgan fingerprint density at radius 3 is 2.17 bits per heavy atom. The fraction of sp³-hybridized carbons (Fsp3) is 1.00. The zero-order valence-corrected chi connectivity index (χ0v) is 4.23. The molecule has 0 aromatic carbocycles. The molecule has 0 saturated carbocycles. The molecule has 0 radical (unpaired) electrons. The van der Waals surface area contributed by atoms with Crippen molar-refractivity contribution < 1.29 is 5.21 Å². The van der Waals surface area contributed by atoms with Crippen molar-refractivity contribution in [3.63, 3.8) is 0 Å². The first-order chi connectivity index (χ1) is 2.77. The maximum atomic E-state index is 7.99. The highest BCUT2D eigenvalue weighted by molar-refractivity contribution is 4.39. The van der Waals surface area contributed by atoms with Crippen LogP contribution in [0.3, 0.4) is 0 Å². The number of hydroxylamine groups is 1. The van der Waals surface area contributed by atoms with E-state index in [2.05, 4.69) is 5.48 Å². The zero-order chi connectivity index (χ0) is 4.99. The largest absolute Gasteiger partial charge is 0.317 e. The molecule has 0 aliphatic carbocycles. The van der Waals surface area contributed by atoms with Gasteiger partial charge in [-0.1, -0.05) is 13.8 Å². The second-order valence-corrected chi connectivity index (χ2v) is 1.76. The molecule has 38 valence electrons. The third kappa shape index (κ3) is 3.92. The van der Waals surface area contributed by atoms with Crippen LogP contribution in [0.4, 0.5) is 0 Å². The first kappa shape index (κ1) is 5.92. The van der Waals surface area contributed by atoms with Gasteiger partial charge in [0.15, 0.2) is 0 Å². The lowest BCUT2D eigenvalue weighted by Crippen LogP contribution is -2.13. The van der Waals surface area contributed by atoms with Gasteiger partial charge in [-0.15, -0.1) is 0 Å². The van der Waals surface area contributed by atoms with Crippen molar-refractivity contribution >= 4 is 0 Å². The Morgan fingerprint density at radius 1 is 1.67 bits per heavy atom. The number of rotatable bonds is 2. The predicted molar refractivity (Wildman–Crippen MR) is 24.6 cm³/mol. The molecular formula is C4H11NO. The summed E-state index contributed by atoms with van der Waals surface area (Å²) in [4.78, 5) is 0. The summed E-state index contributed by atoms with van der Waals surface area (Å²) in [6.45, 7) is 4.74. The predicted octanol–water partition coefficient (Wildman–Crippen LogP) is 0.621. The molecule has 2 N–H and O–H groups in total. The summed E-state index contributed by atoms with van der Waals surface area (Å²) in [5.74, 6) is 0.537.